The first-order chi connectivity index (χ1) is 9.15. The van der Waals surface area contributed by atoms with Crippen molar-refractivity contribution in [2.45, 2.75) is 31.7 Å². The molecule has 0 saturated heterocycles. The van der Waals surface area contributed by atoms with E-state index < -0.39 is 0 Å². The highest BCUT2D eigenvalue weighted by molar-refractivity contribution is 9.10. The number of halogens is 1. The first-order valence-electron chi connectivity index (χ1n) is 6.70. The van der Waals surface area contributed by atoms with Crippen molar-refractivity contribution in [3.8, 4) is 0 Å². The summed E-state index contributed by atoms with van der Waals surface area (Å²) < 4.78 is 3.04. The van der Waals surface area contributed by atoms with Gasteiger partial charge in [0.1, 0.15) is 0 Å². The van der Waals surface area contributed by atoms with Gasteiger partial charge in [0.05, 0.1) is 5.56 Å². The third-order valence-corrected chi connectivity index (χ3v) is 4.38. The zero-order valence-corrected chi connectivity index (χ0v) is 12.5. The lowest BCUT2D eigenvalue weighted by atomic mass is 10.1. The number of aryl methyl sites for hydroxylation is 1. The standard InChI is InChI=1S/C15H17BrN2O/c1-18-9-13(12-7-6-10(16)8-14(12)18)15(19)17-11-4-2-3-5-11/h6-9,11H,2-5H2,1H3,(H,17,19). The molecule has 3 nitrogen and oxygen atoms in total. The molecule has 3 rings (SSSR count). The summed E-state index contributed by atoms with van der Waals surface area (Å²) in [6.07, 6.45) is 6.60. The maximum absolute atomic E-state index is 12.4. The summed E-state index contributed by atoms with van der Waals surface area (Å²) in [6.45, 7) is 0. The first kappa shape index (κ1) is 12.7. The van der Waals surface area contributed by atoms with E-state index in [1.54, 1.807) is 0 Å². The van der Waals surface area contributed by atoms with E-state index in [9.17, 15) is 4.79 Å². The molecule has 1 aliphatic carbocycles. The summed E-state index contributed by atoms with van der Waals surface area (Å²) >= 11 is 3.47. The molecule has 19 heavy (non-hydrogen) atoms. The number of hydrogen-bond acceptors (Lipinski definition) is 1. The lowest BCUT2D eigenvalue weighted by molar-refractivity contribution is 0.0939. The van der Waals surface area contributed by atoms with Crippen LogP contribution in [0.5, 0.6) is 0 Å². The van der Waals surface area contributed by atoms with Crippen LogP contribution < -0.4 is 5.32 Å². The second-order valence-electron chi connectivity index (χ2n) is 5.27. The molecule has 1 heterocycles. The van der Waals surface area contributed by atoms with E-state index in [2.05, 4.69) is 21.2 Å². The average molecular weight is 321 g/mol. The Balaban J connectivity index is 1.93. The minimum atomic E-state index is 0.0554. The van der Waals surface area contributed by atoms with Crippen LogP contribution in [0.1, 0.15) is 36.0 Å². The molecular formula is C15H17BrN2O. The molecule has 0 unspecified atom stereocenters. The van der Waals surface area contributed by atoms with Crippen molar-refractivity contribution < 1.29 is 4.79 Å². The highest BCUT2D eigenvalue weighted by Crippen LogP contribution is 2.25. The van der Waals surface area contributed by atoms with Gasteiger partial charge in [-0.3, -0.25) is 4.79 Å². The van der Waals surface area contributed by atoms with Crippen LogP contribution in [0.4, 0.5) is 0 Å². The Bertz CT molecular complexity index is 626. The first-order valence-corrected chi connectivity index (χ1v) is 7.50. The zero-order valence-electron chi connectivity index (χ0n) is 10.9. The van der Waals surface area contributed by atoms with Crippen LogP contribution >= 0.6 is 15.9 Å². The molecule has 0 radical (unpaired) electrons. The van der Waals surface area contributed by atoms with Gasteiger partial charge < -0.3 is 9.88 Å². The fourth-order valence-corrected chi connectivity index (χ4v) is 3.22. The van der Waals surface area contributed by atoms with Crippen LogP contribution in [0.15, 0.2) is 28.9 Å². The Morgan fingerprint density at radius 3 is 2.84 bits per heavy atom. The highest BCUT2D eigenvalue weighted by atomic mass is 79.9. The van der Waals surface area contributed by atoms with E-state index in [1.165, 1.54) is 12.8 Å². The Labute approximate surface area is 121 Å². The van der Waals surface area contributed by atoms with Crippen molar-refractivity contribution in [1.29, 1.82) is 0 Å². The maximum Gasteiger partial charge on any atom is 0.253 e. The molecule has 100 valence electrons. The summed E-state index contributed by atoms with van der Waals surface area (Å²) in [4.78, 5) is 12.4. The molecule has 1 N–H and O–H groups in total. The van der Waals surface area contributed by atoms with E-state index in [0.717, 1.165) is 33.8 Å². The predicted octanol–water partition coefficient (Wildman–Crippen LogP) is 3.61. The minimum absolute atomic E-state index is 0.0554. The van der Waals surface area contributed by atoms with Crippen molar-refractivity contribution in [2.75, 3.05) is 0 Å². The third kappa shape index (κ3) is 2.41. The van der Waals surface area contributed by atoms with Gasteiger partial charge in [-0.15, -0.1) is 0 Å². The maximum atomic E-state index is 12.4. The summed E-state index contributed by atoms with van der Waals surface area (Å²) in [5.74, 6) is 0.0554. The second kappa shape index (κ2) is 5.00. The Morgan fingerprint density at radius 2 is 2.11 bits per heavy atom. The van der Waals surface area contributed by atoms with Crippen LogP contribution in [0.2, 0.25) is 0 Å². The number of hydrogen-bond donors (Lipinski definition) is 1. The van der Waals surface area contributed by atoms with E-state index >= 15 is 0 Å². The molecule has 2 aromatic rings. The van der Waals surface area contributed by atoms with Crippen molar-refractivity contribution in [3.05, 3.63) is 34.4 Å². The van der Waals surface area contributed by atoms with Crippen LogP contribution in [0.3, 0.4) is 0 Å². The van der Waals surface area contributed by atoms with Gasteiger partial charge in [0, 0.05) is 34.7 Å². The van der Waals surface area contributed by atoms with E-state index in [0.29, 0.717) is 6.04 Å². The molecule has 1 fully saturated rings. The summed E-state index contributed by atoms with van der Waals surface area (Å²) in [5, 5.41) is 4.17. The average Bonchev–Trinajstić information content (AvgIpc) is 2.98. The monoisotopic (exact) mass is 320 g/mol. The number of fused-ring (bicyclic) bond motifs is 1. The minimum Gasteiger partial charge on any atom is -0.350 e. The number of nitrogens with one attached hydrogen (secondary N) is 1. The fraction of sp³-hybridized carbons (Fsp3) is 0.400. The van der Waals surface area contributed by atoms with Crippen LogP contribution in [-0.4, -0.2) is 16.5 Å². The Hall–Kier alpha value is -1.29. The molecule has 4 heteroatoms. The van der Waals surface area contributed by atoms with Gasteiger partial charge in [-0.25, -0.2) is 0 Å². The molecule has 1 amide bonds. The number of amides is 1. The molecule has 1 aliphatic rings. The molecule has 0 bridgehead atoms. The van der Waals surface area contributed by atoms with Crippen molar-refractivity contribution in [3.63, 3.8) is 0 Å². The van der Waals surface area contributed by atoms with Gasteiger partial charge in [-0.05, 0) is 25.0 Å². The van der Waals surface area contributed by atoms with E-state index in [1.807, 2.05) is 36.0 Å². The molecule has 0 aliphatic heterocycles. The number of carbonyl (C=O) groups excluding carboxylic acids is 1. The van der Waals surface area contributed by atoms with Gasteiger partial charge in [-0.1, -0.05) is 34.8 Å². The quantitative estimate of drug-likeness (QED) is 0.901. The van der Waals surface area contributed by atoms with E-state index in [-0.39, 0.29) is 5.91 Å². The van der Waals surface area contributed by atoms with Crippen molar-refractivity contribution in [1.82, 2.24) is 9.88 Å². The van der Waals surface area contributed by atoms with Crippen LogP contribution in [0, 0.1) is 0 Å². The fourth-order valence-electron chi connectivity index (χ4n) is 2.87. The number of aromatic nitrogens is 1. The van der Waals surface area contributed by atoms with Gasteiger partial charge >= 0.3 is 0 Å². The Kier molecular flexibility index (Phi) is 3.35. The van der Waals surface area contributed by atoms with Gasteiger partial charge in [-0.2, -0.15) is 0 Å². The zero-order chi connectivity index (χ0) is 13.4. The van der Waals surface area contributed by atoms with Gasteiger partial charge in [0.15, 0.2) is 0 Å². The smallest absolute Gasteiger partial charge is 0.253 e. The summed E-state index contributed by atoms with van der Waals surface area (Å²) in [6, 6.07) is 6.39. The lowest BCUT2D eigenvalue weighted by Crippen LogP contribution is -2.32. The van der Waals surface area contributed by atoms with Gasteiger partial charge in [0.25, 0.3) is 5.91 Å². The normalized spacial score (nSPS) is 16.1. The molecule has 0 atom stereocenters. The summed E-state index contributed by atoms with van der Waals surface area (Å²) in [5.41, 5.74) is 1.85. The largest absolute Gasteiger partial charge is 0.350 e. The number of carbonyl (C=O) groups is 1. The van der Waals surface area contributed by atoms with E-state index in [4.69, 9.17) is 0 Å². The SMILES string of the molecule is Cn1cc(C(=O)NC2CCCC2)c2ccc(Br)cc21. The van der Waals surface area contributed by atoms with Crippen LogP contribution in [0.25, 0.3) is 10.9 Å². The second-order valence-corrected chi connectivity index (χ2v) is 6.19. The number of nitrogens with zero attached hydrogens (tertiary/aromatic N) is 1. The molecule has 1 saturated carbocycles. The topological polar surface area (TPSA) is 34.0 Å². The Morgan fingerprint density at radius 1 is 1.37 bits per heavy atom. The van der Waals surface area contributed by atoms with Crippen LogP contribution in [-0.2, 0) is 7.05 Å². The predicted molar refractivity (Wildman–Crippen MR) is 80.3 cm³/mol. The van der Waals surface area contributed by atoms with Gasteiger partial charge in [0.2, 0.25) is 0 Å². The number of benzene rings is 1. The van der Waals surface area contributed by atoms with Crippen molar-refractivity contribution >= 4 is 32.7 Å². The molecule has 0 spiro atoms. The number of rotatable bonds is 2. The molecule has 1 aromatic carbocycles. The van der Waals surface area contributed by atoms with Crippen molar-refractivity contribution in [2.24, 2.45) is 7.05 Å². The molecular weight excluding hydrogens is 304 g/mol. The highest BCUT2D eigenvalue weighted by Gasteiger charge is 2.20. The summed E-state index contributed by atoms with van der Waals surface area (Å²) in [7, 11) is 1.97. The molecule has 1 aromatic heterocycles. The third-order valence-electron chi connectivity index (χ3n) is 3.89. The lowest BCUT2D eigenvalue weighted by Gasteiger charge is -2.11.